The quantitative estimate of drug-likeness (QED) is 0.925. The summed E-state index contributed by atoms with van der Waals surface area (Å²) in [6.07, 6.45) is 3.09. The van der Waals surface area contributed by atoms with E-state index in [-0.39, 0.29) is 17.8 Å². The van der Waals surface area contributed by atoms with Crippen LogP contribution in [0.4, 0.5) is 4.39 Å². The number of carbonyl (C=O) groups excluding carboxylic acids is 1. The molecule has 3 nitrogen and oxygen atoms in total. The average molecular weight is 306 g/mol. The van der Waals surface area contributed by atoms with Gasteiger partial charge in [0, 0.05) is 29.2 Å². The Morgan fingerprint density at radius 2 is 2.29 bits per heavy atom. The van der Waals surface area contributed by atoms with Gasteiger partial charge in [0.15, 0.2) is 0 Å². The van der Waals surface area contributed by atoms with Gasteiger partial charge in [-0.15, -0.1) is 11.3 Å². The van der Waals surface area contributed by atoms with Gasteiger partial charge in [0.2, 0.25) is 0 Å². The van der Waals surface area contributed by atoms with Crippen LogP contribution in [0.1, 0.15) is 34.5 Å². The minimum absolute atomic E-state index is 0.00301. The molecule has 0 radical (unpaired) electrons. The van der Waals surface area contributed by atoms with Crippen molar-refractivity contribution >= 4 is 27.3 Å². The van der Waals surface area contributed by atoms with Crippen LogP contribution in [0, 0.1) is 12.7 Å². The molecule has 21 heavy (non-hydrogen) atoms. The number of thiophene rings is 1. The van der Waals surface area contributed by atoms with Crippen LogP contribution in [0.3, 0.4) is 0 Å². The summed E-state index contributed by atoms with van der Waals surface area (Å²) in [5.41, 5.74) is 6.55. The Bertz CT molecular complexity index is 682. The van der Waals surface area contributed by atoms with E-state index in [0.29, 0.717) is 16.8 Å². The number of carbonyl (C=O) groups is 1. The van der Waals surface area contributed by atoms with Crippen molar-refractivity contribution in [1.29, 1.82) is 0 Å². The molecular formula is C16H19FN2OS. The predicted molar refractivity (Wildman–Crippen MR) is 84.2 cm³/mol. The zero-order chi connectivity index (χ0) is 15.0. The fraction of sp³-hybridized carbons (Fsp3) is 0.438. The van der Waals surface area contributed by atoms with Crippen molar-refractivity contribution in [3.8, 4) is 0 Å². The summed E-state index contributed by atoms with van der Waals surface area (Å²) in [6, 6.07) is 5.11. The van der Waals surface area contributed by atoms with Crippen molar-refractivity contribution in [2.75, 3.05) is 13.1 Å². The number of nitrogens with two attached hydrogens (primary N) is 1. The van der Waals surface area contributed by atoms with Gasteiger partial charge in [0.25, 0.3) is 5.91 Å². The molecule has 1 aliphatic heterocycles. The summed E-state index contributed by atoms with van der Waals surface area (Å²) < 4.78 is 14.8. The first-order valence-electron chi connectivity index (χ1n) is 7.32. The molecule has 2 N–H and O–H groups in total. The van der Waals surface area contributed by atoms with Crippen molar-refractivity contribution in [2.45, 2.75) is 32.2 Å². The summed E-state index contributed by atoms with van der Waals surface area (Å²) >= 11 is 1.38. The Balaban J connectivity index is 2.01. The van der Waals surface area contributed by atoms with Crippen LogP contribution in [0.2, 0.25) is 0 Å². The molecule has 0 spiro atoms. The number of benzene rings is 1. The van der Waals surface area contributed by atoms with Gasteiger partial charge in [-0.25, -0.2) is 4.39 Å². The molecule has 2 aromatic rings. The Morgan fingerprint density at radius 1 is 1.48 bits per heavy atom. The monoisotopic (exact) mass is 306 g/mol. The van der Waals surface area contributed by atoms with Crippen molar-refractivity contribution in [3.63, 3.8) is 0 Å². The molecule has 1 saturated heterocycles. The standard InChI is InChI=1S/C16H19FN2OS/c1-10-14-12(17)6-4-7-13(14)21-15(10)16(20)19-8-3-2-5-11(19)9-18/h4,6-7,11H,2-3,5,8-9,18H2,1H3. The minimum atomic E-state index is -0.255. The Kier molecular flexibility index (Phi) is 3.95. The average Bonchev–Trinajstić information content (AvgIpc) is 2.85. The number of hydrogen-bond acceptors (Lipinski definition) is 3. The maximum atomic E-state index is 14.0. The van der Waals surface area contributed by atoms with Gasteiger partial charge in [0.1, 0.15) is 5.82 Å². The maximum Gasteiger partial charge on any atom is 0.264 e. The fourth-order valence-corrected chi connectivity index (χ4v) is 4.28. The van der Waals surface area contributed by atoms with E-state index in [4.69, 9.17) is 5.73 Å². The van der Waals surface area contributed by atoms with Crippen LogP contribution in [-0.4, -0.2) is 29.9 Å². The van der Waals surface area contributed by atoms with Gasteiger partial charge >= 0.3 is 0 Å². The molecule has 0 saturated carbocycles. The van der Waals surface area contributed by atoms with Crippen LogP contribution in [0.25, 0.3) is 10.1 Å². The van der Waals surface area contributed by atoms with Crippen LogP contribution in [-0.2, 0) is 0 Å². The van der Waals surface area contributed by atoms with E-state index in [1.165, 1.54) is 17.4 Å². The first-order valence-corrected chi connectivity index (χ1v) is 8.13. The Labute approximate surface area is 127 Å². The molecule has 1 aliphatic rings. The van der Waals surface area contributed by atoms with E-state index < -0.39 is 0 Å². The van der Waals surface area contributed by atoms with Crippen molar-refractivity contribution in [2.24, 2.45) is 5.73 Å². The van der Waals surface area contributed by atoms with E-state index >= 15 is 0 Å². The molecule has 1 aromatic carbocycles. The zero-order valence-electron chi connectivity index (χ0n) is 12.1. The number of rotatable bonds is 2. The first-order chi connectivity index (χ1) is 10.1. The third-order valence-electron chi connectivity index (χ3n) is 4.26. The van der Waals surface area contributed by atoms with Crippen LogP contribution in [0.15, 0.2) is 18.2 Å². The summed E-state index contributed by atoms with van der Waals surface area (Å²) in [4.78, 5) is 15.4. The maximum absolute atomic E-state index is 14.0. The number of amides is 1. The number of likely N-dealkylation sites (tertiary alicyclic amines) is 1. The van der Waals surface area contributed by atoms with E-state index in [9.17, 15) is 9.18 Å². The molecular weight excluding hydrogens is 287 g/mol. The fourth-order valence-electron chi connectivity index (χ4n) is 3.10. The molecule has 1 fully saturated rings. The molecule has 2 heterocycles. The highest BCUT2D eigenvalue weighted by Crippen LogP contribution is 2.34. The van der Waals surface area contributed by atoms with Crippen LogP contribution in [0.5, 0.6) is 0 Å². The topological polar surface area (TPSA) is 46.3 Å². The largest absolute Gasteiger partial charge is 0.334 e. The SMILES string of the molecule is Cc1c(C(=O)N2CCCCC2CN)sc2cccc(F)c12. The van der Waals surface area contributed by atoms with Gasteiger partial charge in [-0.3, -0.25) is 4.79 Å². The number of halogens is 1. The van der Waals surface area contributed by atoms with Crippen LogP contribution >= 0.6 is 11.3 Å². The molecule has 3 rings (SSSR count). The lowest BCUT2D eigenvalue weighted by atomic mass is 10.0. The second kappa shape index (κ2) is 5.73. The number of piperidine rings is 1. The number of hydrogen-bond donors (Lipinski definition) is 1. The molecule has 1 unspecified atom stereocenters. The van der Waals surface area contributed by atoms with Gasteiger partial charge in [-0.2, -0.15) is 0 Å². The van der Waals surface area contributed by atoms with Crippen molar-refractivity contribution in [1.82, 2.24) is 4.90 Å². The molecule has 1 atom stereocenters. The summed E-state index contributed by atoms with van der Waals surface area (Å²) in [5, 5.41) is 0.576. The molecule has 1 amide bonds. The molecule has 112 valence electrons. The Hall–Kier alpha value is -1.46. The van der Waals surface area contributed by atoms with E-state index in [2.05, 4.69) is 0 Å². The third-order valence-corrected chi connectivity index (χ3v) is 5.50. The molecule has 0 bridgehead atoms. The first kappa shape index (κ1) is 14.5. The Morgan fingerprint density at radius 3 is 3.00 bits per heavy atom. The normalized spacial score (nSPS) is 19.2. The van der Waals surface area contributed by atoms with E-state index in [0.717, 1.165) is 36.1 Å². The smallest absolute Gasteiger partial charge is 0.264 e. The van der Waals surface area contributed by atoms with Crippen molar-refractivity contribution in [3.05, 3.63) is 34.5 Å². The highest BCUT2D eigenvalue weighted by molar-refractivity contribution is 7.21. The van der Waals surface area contributed by atoms with Gasteiger partial charge in [-0.1, -0.05) is 6.07 Å². The lowest BCUT2D eigenvalue weighted by molar-refractivity contribution is 0.0628. The second-order valence-corrected chi connectivity index (χ2v) is 6.61. The van der Waals surface area contributed by atoms with Gasteiger partial charge < -0.3 is 10.6 Å². The molecule has 5 heteroatoms. The highest BCUT2D eigenvalue weighted by Gasteiger charge is 2.29. The van der Waals surface area contributed by atoms with Gasteiger partial charge in [-0.05, 0) is 43.9 Å². The third kappa shape index (κ3) is 2.45. The number of aryl methyl sites for hydroxylation is 1. The molecule has 0 aliphatic carbocycles. The number of nitrogens with zero attached hydrogens (tertiary/aromatic N) is 1. The predicted octanol–water partition coefficient (Wildman–Crippen LogP) is 3.30. The lowest BCUT2D eigenvalue weighted by Gasteiger charge is -2.34. The van der Waals surface area contributed by atoms with E-state index in [1.54, 1.807) is 6.07 Å². The van der Waals surface area contributed by atoms with E-state index in [1.807, 2.05) is 17.9 Å². The summed E-state index contributed by atoms with van der Waals surface area (Å²) in [7, 11) is 0. The highest BCUT2D eigenvalue weighted by atomic mass is 32.1. The zero-order valence-corrected chi connectivity index (χ0v) is 12.9. The minimum Gasteiger partial charge on any atom is -0.334 e. The summed E-state index contributed by atoms with van der Waals surface area (Å²) in [6.45, 7) is 3.07. The van der Waals surface area contributed by atoms with Crippen LogP contribution < -0.4 is 5.73 Å². The lowest BCUT2D eigenvalue weighted by Crippen LogP contribution is -2.47. The summed E-state index contributed by atoms with van der Waals surface area (Å²) in [5.74, 6) is -0.252. The molecule has 1 aromatic heterocycles. The second-order valence-electron chi connectivity index (χ2n) is 5.55. The van der Waals surface area contributed by atoms with Gasteiger partial charge in [0.05, 0.1) is 4.88 Å². The number of fused-ring (bicyclic) bond motifs is 1. The van der Waals surface area contributed by atoms with Crippen molar-refractivity contribution < 1.29 is 9.18 Å².